The number of hydrogen-bond donors (Lipinski definition) is 2. The molecule has 0 amide bonds. The zero-order valence-electron chi connectivity index (χ0n) is 16.0. The maximum atomic E-state index is 13.5. The average Bonchev–Trinajstić information content (AvgIpc) is 2.67. The third-order valence-electron chi connectivity index (χ3n) is 3.90. The van der Waals surface area contributed by atoms with Crippen LogP contribution < -0.4 is 15.8 Å². The molecule has 2 aromatic carbocycles. The molecule has 0 aliphatic rings. The van der Waals surface area contributed by atoms with E-state index in [-0.39, 0.29) is 24.6 Å². The highest BCUT2D eigenvalue weighted by Crippen LogP contribution is 2.61. The van der Waals surface area contributed by atoms with Gasteiger partial charge in [0.2, 0.25) is 0 Å². The Morgan fingerprint density at radius 3 is 2.25 bits per heavy atom. The Kier molecular flexibility index (Phi) is 7.39. The molecule has 0 bridgehead atoms. The summed E-state index contributed by atoms with van der Waals surface area (Å²) < 4.78 is 29.6. The summed E-state index contributed by atoms with van der Waals surface area (Å²) in [5, 5.41) is 14.2. The first-order valence-electron chi connectivity index (χ1n) is 8.67. The van der Waals surface area contributed by atoms with Gasteiger partial charge in [-0.1, -0.05) is 12.1 Å². The predicted octanol–water partition coefficient (Wildman–Crippen LogP) is 4.56. The number of methoxy groups -OCH3 is 1. The van der Waals surface area contributed by atoms with E-state index in [4.69, 9.17) is 19.5 Å². The quantitative estimate of drug-likeness (QED) is 0.253. The van der Waals surface area contributed by atoms with Crippen molar-refractivity contribution < 1.29 is 23.3 Å². The van der Waals surface area contributed by atoms with E-state index in [1.54, 1.807) is 51.3 Å². The third-order valence-corrected chi connectivity index (χ3v) is 6.19. The SMILES string of the molecule is CCOP(=O)(OCC)[C@H](Nc1ccc(N)c([N+](=O)[O-])c1)c1ccc(OC)cc1. The van der Waals surface area contributed by atoms with Gasteiger partial charge in [0.1, 0.15) is 11.4 Å². The number of nitrogens with two attached hydrogens (primary N) is 1. The highest BCUT2D eigenvalue weighted by Gasteiger charge is 2.37. The van der Waals surface area contributed by atoms with Crippen LogP contribution in [0.1, 0.15) is 25.2 Å². The van der Waals surface area contributed by atoms with Crippen molar-refractivity contribution in [3.63, 3.8) is 0 Å². The zero-order chi connectivity index (χ0) is 20.7. The highest BCUT2D eigenvalue weighted by molar-refractivity contribution is 7.54. The van der Waals surface area contributed by atoms with Crippen molar-refractivity contribution in [2.24, 2.45) is 0 Å². The molecule has 0 fully saturated rings. The van der Waals surface area contributed by atoms with Gasteiger partial charge in [0, 0.05) is 11.8 Å². The molecule has 2 rings (SSSR count). The van der Waals surface area contributed by atoms with Crippen molar-refractivity contribution in [1.82, 2.24) is 0 Å². The molecule has 152 valence electrons. The predicted molar refractivity (Wildman–Crippen MR) is 108 cm³/mol. The van der Waals surface area contributed by atoms with Gasteiger partial charge in [-0.05, 0) is 43.7 Å². The fourth-order valence-electron chi connectivity index (χ4n) is 2.63. The lowest BCUT2D eigenvalue weighted by molar-refractivity contribution is -0.383. The molecule has 2 aromatic rings. The van der Waals surface area contributed by atoms with Crippen molar-refractivity contribution in [2.45, 2.75) is 19.6 Å². The van der Waals surface area contributed by atoms with E-state index in [2.05, 4.69) is 5.32 Å². The number of ether oxygens (including phenoxy) is 1. The van der Waals surface area contributed by atoms with Gasteiger partial charge in [-0.3, -0.25) is 14.7 Å². The molecule has 1 atom stereocenters. The smallest absolute Gasteiger partial charge is 0.357 e. The Bertz CT molecular complexity index is 849. The van der Waals surface area contributed by atoms with Crippen molar-refractivity contribution in [3.05, 3.63) is 58.1 Å². The number of benzene rings is 2. The van der Waals surface area contributed by atoms with Crippen LogP contribution in [0.5, 0.6) is 5.75 Å². The molecule has 0 saturated carbocycles. The summed E-state index contributed by atoms with van der Waals surface area (Å²) in [7, 11) is -2.10. The second-order valence-electron chi connectivity index (χ2n) is 5.73. The summed E-state index contributed by atoms with van der Waals surface area (Å²) >= 11 is 0. The van der Waals surface area contributed by atoms with E-state index in [1.165, 1.54) is 12.1 Å². The number of nitrogen functional groups attached to an aromatic ring is 1. The Morgan fingerprint density at radius 2 is 1.75 bits per heavy atom. The van der Waals surface area contributed by atoms with Gasteiger partial charge in [0.25, 0.3) is 5.69 Å². The van der Waals surface area contributed by atoms with Crippen LogP contribution in [0.4, 0.5) is 17.1 Å². The maximum absolute atomic E-state index is 13.5. The van der Waals surface area contributed by atoms with E-state index < -0.39 is 18.3 Å². The van der Waals surface area contributed by atoms with Gasteiger partial charge in [-0.25, -0.2) is 0 Å². The molecular weight excluding hydrogens is 385 g/mol. The van der Waals surface area contributed by atoms with Gasteiger partial charge in [0.05, 0.1) is 25.2 Å². The van der Waals surface area contributed by atoms with E-state index in [0.717, 1.165) is 0 Å². The van der Waals surface area contributed by atoms with Gasteiger partial charge >= 0.3 is 7.60 Å². The summed E-state index contributed by atoms with van der Waals surface area (Å²) in [6, 6.07) is 11.2. The number of anilines is 2. The summed E-state index contributed by atoms with van der Waals surface area (Å²) in [4.78, 5) is 10.6. The van der Waals surface area contributed by atoms with E-state index in [1.807, 2.05) is 0 Å². The highest BCUT2D eigenvalue weighted by atomic mass is 31.2. The Labute approximate surface area is 163 Å². The minimum absolute atomic E-state index is 0.0364. The average molecular weight is 409 g/mol. The van der Waals surface area contributed by atoms with Crippen LogP contribution in [0.15, 0.2) is 42.5 Å². The first-order valence-corrected chi connectivity index (χ1v) is 10.3. The molecule has 0 heterocycles. The van der Waals surface area contributed by atoms with Crippen LogP contribution in [-0.2, 0) is 13.6 Å². The number of rotatable bonds is 10. The van der Waals surface area contributed by atoms with Crippen molar-refractivity contribution in [2.75, 3.05) is 31.4 Å². The summed E-state index contributed by atoms with van der Waals surface area (Å²) in [6.45, 7) is 3.77. The molecule has 0 aromatic heterocycles. The Morgan fingerprint density at radius 1 is 1.14 bits per heavy atom. The van der Waals surface area contributed by atoms with Crippen LogP contribution in [-0.4, -0.2) is 25.2 Å². The number of nitro benzene ring substituents is 1. The Balaban J connectivity index is 2.49. The van der Waals surface area contributed by atoms with E-state index in [9.17, 15) is 14.7 Å². The fraction of sp³-hybridized carbons (Fsp3) is 0.333. The van der Waals surface area contributed by atoms with Gasteiger partial charge in [-0.15, -0.1) is 0 Å². The van der Waals surface area contributed by atoms with Crippen molar-refractivity contribution in [1.29, 1.82) is 0 Å². The molecule has 9 nitrogen and oxygen atoms in total. The third kappa shape index (κ3) is 5.01. The summed E-state index contributed by atoms with van der Waals surface area (Å²) in [5.41, 5.74) is 6.42. The summed E-state index contributed by atoms with van der Waals surface area (Å²) in [6.07, 6.45) is 0. The molecule has 10 heteroatoms. The van der Waals surface area contributed by atoms with E-state index >= 15 is 0 Å². The molecule has 0 aliphatic carbocycles. The molecule has 28 heavy (non-hydrogen) atoms. The van der Waals surface area contributed by atoms with Gasteiger partial charge < -0.3 is 24.8 Å². The Hall–Kier alpha value is -2.61. The zero-order valence-corrected chi connectivity index (χ0v) is 16.8. The largest absolute Gasteiger partial charge is 0.497 e. The monoisotopic (exact) mass is 409 g/mol. The lowest BCUT2D eigenvalue weighted by Gasteiger charge is -2.28. The number of nitrogens with zero attached hydrogens (tertiary/aromatic N) is 1. The molecule has 0 aliphatic heterocycles. The molecule has 0 spiro atoms. The van der Waals surface area contributed by atoms with Crippen LogP contribution in [0, 0.1) is 10.1 Å². The van der Waals surface area contributed by atoms with Gasteiger partial charge in [-0.2, -0.15) is 0 Å². The van der Waals surface area contributed by atoms with Crippen molar-refractivity contribution >= 4 is 24.7 Å². The molecule has 0 saturated heterocycles. The fourth-order valence-corrected chi connectivity index (χ4v) is 4.56. The van der Waals surface area contributed by atoms with Crippen molar-refractivity contribution in [3.8, 4) is 5.75 Å². The number of nitro groups is 1. The lowest BCUT2D eigenvalue weighted by Crippen LogP contribution is -2.15. The van der Waals surface area contributed by atoms with Gasteiger partial charge in [0.15, 0.2) is 5.78 Å². The van der Waals surface area contributed by atoms with Crippen LogP contribution in [0.2, 0.25) is 0 Å². The number of nitrogens with one attached hydrogen (secondary N) is 1. The first kappa shape index (κ1) is 21.7. The number of hydrogen-bond acceptors (Lipinski definition) is 8. The normalized spacial score (nSPS) is 12.4. The molecule has 3 N–H and O–H groups in total. The minimum Gasteiger partial charge on any atom is -0.497 e. The second-order valence-corrected chi connectivity index (χ2v) is 7.84. The van der Waals surface area contributed by atoms with Crippen LogP contribution in [0.3, 0.4) is 0 Å². The standard InChI is InChI=1S/C18H24N3O6P/c1-4-26-28(24,27-5-2)18(13-6-9-15(25-3)10-7-13)20-14-8-11-16(19)17(12-14)21(22)23/h6-12,18,20H,4-5,19H2,1-3H3/t18-/m0/s1. The topological polar surface area (TPSA) is 126 Å². The molecule has 0 radical (unpaired) electrons. The maximum Gasteiger partial charge on any atom is 0.357 e. The summed E-state index contributed by atoms with van der Waals surface area (Å²) in [5.74, 6) is -0.255. The van der Waals surface area contributed by atoms with E-state index in [0.29, 0.717) is 17.0 Å². The molecule has 0 unspecified atom stereocenters. The minimum atomic E-state index is -3.64. The molecular formula is C18H24N3O6P. The van der Waals surface area contributed by atoms with Crippen LogP contribution in [0.25, 0.3) is 0 Å². The lowest BCUT2D eigenvalue weighted by atomic mass is 10.2. The van der Waals surface area contributed by atoms with Crippen LogP contribution >= 0.6 is 7.60 Å². The second kappa shape index (κ2) is 9.54. The first-order chi connectivity index (χ1) is 13.3.